The molecule has 0 aliphatic carbocycles. The molecule has 0 aliphatic heterocycles. The van der Waals surface area contributed by atoms with E-state index in [1.165, 1.54) is 6.20 Å². The molecule has 1 aromatic carbocycles. The summed E-state index contributed by atoms with van der Waals surface area (Å²) in [6, 6.07) is 9.05. The van der Waals surface area contributed by atoms with Crippen molar-refractivity contribution in [2.75, 3.05) is 13.7 Å². The Bertz CT molecular complexity index is 600. The molecule has 1 aromatic heterocycles. The number of carbonyl (C=O) groups excluding carboxylic acids is 1. The third-order valence-electron chi connectivity index (χ3n) is 2.90. The first-order valence-electron chi connectivity index (χ1n) is 6.72. The Kier molecular flexibility index (Phi) is 5.15. The number of rotatable bonds is 6. The maximum Gasteiger partial charge on any atom is 0.253 e. The van der Waals surface area contributed by atoms with Gasteiger partial charge in [0.15, 0.2) is 11.5 Å². The summed E-state index contributed by atoms with van der Waals surface area (Å²) in [6.07, 6.45) is 3.17. The number of amides is 1. The molecule has 1 amide bonds. The van der Waals surface area contributed by atoms with Gasteiger partial charge in [-0.2, -0.15) is 0 Å². The van der Waals surface area contributed by atoms with Crippen molar-refractivity contribution >= 4 is 5.91 Å². The lowest BCUT2D eigenvalue weighted by molar-refractivity contribution is 0.0950. The first kappa shape index (κ1) is 14.8. The molecule has 0 saturated carbocycles. The minimum absolute atomic E-state index is 0.156. The monoisotopic (exact) mass is 286 g/mol. The molecule has 2 rings (SSSR count). The molecule has 0 saturated heterocycles. The van der Waals surface area contributed by atoms with E-state index in [1.807, 2.05) is 25.1 Å². The van der Waals surface area contributed by atoms with E-state index in [9.17, 15) is 4.79 Å². The Morgan fingerprint density at radius 1 is 1.29 bits per heavy atom. The van der Waals surface area contributed by atoms with Crippen LogP contribution in [0.2, 0.25) is 0 Å². The molecule has 1 N–H and O–H groups in total. The first-order valence-corrected chi connectivity index (χ1v) is 6.72. The van der Waals surface area contributed by atoms with E-state index in [1.54, 1.807) is 25.4 Å². The molecular formula is C16H18N2O3. The lowest BCUT2D eigenvalue weighted by Gasteiger charge is -2.11. The minimum atomic E-state index is -0.156. The lowest BCUT2D eigenvalue weighted by atomic mass is 10.2. The number of pyridine rings is 1. The summed E-state index contributed by atoms with van der Waals surface area (Å²) in [5, 5.41) is 2.85. The number of aromatic nitrogens is 1. The Hall–Kier alpha value is -2.56. The average Bonchev–Trinajstić information content (AvgIpc) is 2.54. The van der Waals surface area contributed by atoms with Crippen LogP contribution in [0.25, 0.3) is 0 Å². The fraction of sp³-hybridized carbons (Fsp3) is 0.250. The molecule has 2 aromatic rings. The van der Waals surface area contributed by atoms with Crippen molar-refractivity contribution in [3.63, 3.8) is 0 Å². The van der Waals surface area contributed by atoms with E-state index < -0.39 is 0 Å². The third-order valence-corrected chi connectivity index (χ3v) is 2.90. The van der Waals surface area contributed by atoms with Gasteiger partial charge in [0.25, 0.3) is 5.91 Å². The first-order chi connectivity index (χ1) is 10.2. The van der Waals surface area contributed by atoms with E-state index in [2.05, 4.69) is 10.3 Å². The van der Waals surface area contributed by atoms with Crippen molar-refractivity contribution < 1.29 is 14.3 Å². The van der Waals surface area contributed by atoms with Crippen LogP contribution in [0.1, 0.15) is 22.8 Å². The van der Waals surface area contributed by atoms with Gasteiger partial charge in [-0.25, -0.2) is 0 Å². The highest BCUT2D eigenvalue weighted by atomic mass is 16.5. The number of hydrogen-bond acceptors (Lipinski definition) is 4. The topological polar surface area (TPSA) is 60.5 Å². The van der Waals surface area contributed by atoms with Crippen LogP contribution in [0.15, 0.2) is 42.7 Å². The van der Waals surface area contributed by atoms with Crippen LogP contribution in [0.3, 0.4) is 0 Å². The van der Waals surface area contributed by atoms with E-state index in [0.717, 1.165) is 5.56 Å². The van der Waals surface area contributed by atoms with E-state index >= 15 is 0 Å². The summed E-state index contributed by atoms with van der Waals surface area (Å²) in [4.78, 5) is 15.9. The van der Waals surface area contributed by atoms with E-state index in [4.69, 9.17) is 9.47 Å². The summed E-state index contributed by atoms with van der Waals surface area (Å²) >= 11 is 0. The van der Waals surface area contributed by atoms with Gasteiger partial charge in [-0.05, 0) is 36.8 Å². The van der Waals surface area contributed by atoms with Gasteiger partial charge in [0.1, 0.15) is 0 Å². The van der Waals surface area contributed by atoms with E-state index in [-0.39, 0.29) is 5.91 Å². The Morgan fingerprint density at radius 2 is 2.14 bits per heavy atom. The Morgan fingerprint density at radius 3 is 2.81 bits per heavy atom. The zero-order chi connectivity index (χ0) is 15.1. The van der Waals surface area contributed by atoms with Gasteiger partial charge < -0.3 is 14.8 Å². The zero-order valence-electron chi connectivity index (χ0n) is 12.1. The second-order valence-corrected chi connectivity index (χ2v) is 4.34. The summed E-state index contributed by atoms with van der Waals surface area (Å²) in [6.45, 7) is 2.88. The molecule has 21 heavy (non-hydrogen) atoms. The van der Waals surface area contributed by atoms with Gasteiger partial charge in [0.05, 0.1) is 19.3 Å². The predicted octanol–water partition coefficient (Wildman–Crippen LogP) is 2.42. The second kappa shape index (κ2) is 7.28. The second-order valence-electron chi connectivity index (χ2n) is 4.34. The van der Waals surface area contributed by atoms with Gasteiger partial charge >= 0.3 is 0 Å². The SMILES string of the molecule is CCOc1cc(CNC(=O)c2cccnc2)ccc1OC. The van der Waals surface area contributed by atoms with Crippen LogP contribution in [-0.2, 0) is 6.54 Å². The summed E-state index contributed by atoms with van der Waals surface area (Å²) in [5.74, 6) is 1.20. The number of methoxy groups -OCH3 is 1. The standard InChI is InChI=1S/C16H18N2O3/c1-3-21-15-9-12(6-7-14(15)20-2)10-18-16(19)13-5-4-8-17-11-13/h4-9,11H,3,10H2,1-2H3,(H,18,19). The van der Waals surface area contributed by atoms with Crippen LogP contribution in [0, 0.1) is 0 Å². The van der Waals surface area contributed by atoms with Gasteiger partial charge in [-0.15, -0.1) is 0 Å². The molecule has 0 bridgehead atoms. The maximum absolute atomic E-state index is 11.9. The van der Waals surface area contributed by atoms with Crippen LogP contribution in [-0.4, -0.2) is 24.6 Å². The molecule has 0 radical (unpaired) electrons. The van der Waals surface area contributed by atoms with Gasteiger partial charge in [-0.1, -0.05) is 6.07 Å². The molecule has 5 heteroatoms. The molecule has 0 fully saturated rings. The highest BCUT2D eigenvalue weighted by Gasteiger charge is 2.08. The van der Waals surface area contributed by atoms with Crippen molar-refractivity contribution in [2.45, 2.75) is 13.5 Å². The van der Waals surface area contributed by atoms with Crippen molar-refractivity contribution in [1.29, 1.82) is 0 Å². The largest absolute Gasteiger partial charge is 0.493 e. The van der Waals surface area contributed by atoms with Gasteiger partial charge in [-0.3, -0.25) is 9.78 Å². The van der Waals surface area contributed by atoms with Crippen molar-refractivity contribution in [3.8, 4) is 11.5 Å². The highest BCUT2D eigenvalue weighted by Crippen LogP contribution is 2.27. The molecule has 0 unspecified atom stereocenters. The fourth-order valence-electron chi connectivity index (χ4n) is 1.88. The summed E-state index contributed by atoms with van der Waals surface area (Å²) in [7, 11) is 1.60. The van der Waals surface area contributed by atoms with Gasteiger partial charge in [0, 0.05) is 18.9 Å². The third kappa shape index (κ3) is 3.95. The molecule has 0 spiro atoms. The number of hydrogen-bond donors (Lipinski definition) is 1. The van der Waals surface area contributed by atoms with Crippen LogP contribution < -0.4 is 14.8 Å². The minimum Gasteiger partial charge on any atom is -0.493 e. The smallest absolute Gasteiger partial charge is 0.253 e. The Balaban J connectivity index is 2.03. The number of nitrogens with zero attached hydrogens (tertiary/aromatic N) is 1. The highest BCUT2D eigenvalue weighted by molar-refractivity contribution is 5.93. The quantitative estimate of drug-likeness (QED) is 0.886. The van der Waals surface area contributed by atoms with Crippen molar-refractivity contribution in [3.05, 3.63) is 53.9 Å². The lowest BCUT2D eigenvalue weighted by Crippen LogP contribution is -2.22. The molecule has 0 aliphatic rings. The molecule has 5 nitrogen and oxygen atoms in total. The number of nitrogens with one attached hydrogen (secondary N) is 1. The molecule has 1 heterocycles. The average molecular weight is 286 g/mol. The molecular weight excluding hydrogens is 268 g/mol. The predicted molar refractivity (Wildman–Crippen MR) is 79.6 cm³/mol. The van der Waals surface area contributed by atoms with Gasteiger partial charge in [0.2, 0.25) is 0 Å². The summed E-state index contributed by atoms with van der Waals surface area (Å²) in [5.41, 5.74) is 1.48. The molecule has 110 valence electrons. The van der Waals surface area contributed by atoms with Crippen molar-refractivity contribution in [2.24, 2.45) is 0 Å². The number of ether oxygens (including phenoxy) is 2. The Labute approximate surface area is 123 Å². The number of benzene rings is 1. The summed E-state index contributed by atoms with van der Waals surface area (Å²) < 4.78 is 10.7. The normalized spacial score (nSPS) is 10.0. The van der Waals surface area contributed by atoms with Crippen LogP contribution >= 0.6 is 0 Å². The van der Waals surface area contributed by atoms with Crippen LogP contribution in [0.5, 0.6) is 11.5 Å². The zero-order valence-corrected chi connectivity index (χ0v) is 12.1. The molecule has 0 atom stereocenters. The van der Waals surface area contributed by atoms with Crippen LogP contribution in [0.4, 0.5) is 0 Å². The number of carbonyl (C=O) groups is 1. The fourth-order valence-corrected chi connectivity index (χ4v) is 1.88. The maximum atomic E-state index is 11.9. The van der Waals surface area contributed by atoms with E-state index in [0.29, 0.717) is 30.2 Å². The van der Waals surface area contributed by atoms with Crippen molar-refractivity contribution in [1.82, 2.24) is 10.3 Å².